The first-order chi connectivity index (χ1) is 11.3. The maximum atomic E-state index is 12.0. The number of carbonyl (C=O) groups is 2. The summed E-state index contributed by atoms with van der Waals surface area (Å²) in [6.45, 7) is 3.70. The summed E-state index contributed by atoms with van der Waals surface area (Å²) < 4.78 is 4.64. The molecule has 0 aliphatic carbocycles. The smallest absolute Gasteiger partial charge is 0.328 e. The van der Waals surface area contributed by atoms with Crippen molar-refractivity contribution in [2.75, 3.05) is 7.11 Å². The van der Waals surface area contributed by atoms with Crippen LogP contribution in [-0.2, 0) is 20.7 Å². The molecule has 0 bridgehead atoms. The van der Waals surface area contributed by atoms with E-state index < -0.39 is 28.9 Å². The number of nitro benzene ring substituents is 1. The van der Waals surface area contributed by atoms with Crippen molar-refractivity contribution < 1.29 is 24.4 Å². The number of nitrogens with one attached hydrogen (secondary N) is 1. The molecule has 1 rings (SSSR count). The molecular weight excluding hydrogens is 316 g/mol. The second-order valence-corrected chi connectivity index (χ2v) is 5.82. The van der Waals surface area contributed by atoms with Crippen LogP contribution in [0.3, 0.4) is 0 Å². The molecule has 0 heterocycles. The number of aliphatic hydroxyl groups is 1. The van der Waals surface area contributed by atoms with Crippen LogP contribution in [0.15, 0.2) is 24.3 Å². The minimum atomic E-state index is -1.26. The third-order valence-corrected chi connectivity index (χ3v) is 3.41. The van der Waals surface area contributed by atoms with Crippen LogP contribution in [0.25, 0.3) is 0 Å². The molecule has 0 aliphatic rings. The van der Waals surface area contributed by atoms with Crippen molar-refractivity contribution in [1.82, 2.24) is 5.32 Å². The molecule has 132 valence electrons. The van der Waals surface area contributed by atoms with Gasteiger partial charge in [-0.2, -0.15) is 0 Å². The van der Waals surface area contributed by atoms with Crippen LogP contribution in [0.2, 0.25) is 0 Å². The summed E-state index contributed by atoms with van der Waals surface area (Å²) in [6, 6.07) is 4.82. The highest BCUT2D eigenvalue weighted by Crippen LogP contribution is 2.19. The molecule has 8 heteroatoms. The Labute approximate surface area is 140 Å². The third kappa shape index (κ3) is 5.62. The highest BCUT2D eigenvalue weighted by molar-refractivity contribution is 5.87. The van der Waals surface area contributed by atoms with Crippen LogP contribution in [0, 0.1) is 16.0 Å². The minimum Gasteiger partial charge on any atom is -0.467 e. The number of para-hydroxylation sites is 1. The van der Waals surface area contributed by atoms with Crippen molar-refractivity contribution in [1.29, 1.82) is 0 Å². The van der Waals surface area contributed by atoms with Gasteiger partial charge in [0, 0.05) is 18.1 Å². The normalized spacial score (nSPS) is 13.2. The molecule has 0 unspecified atom stereocenters. The number of ether oxygens (including phenoxy) is 1. The van der Waals surface area contributed by atoms with Gasteiger partial charge in [0.25, 0.3) is 5.69 Å². The lowest BCUT2D eigenvalue weighted by Gasteiger charge is -2.19. The van der Waals surface area contributed by atoms with Crippen molar-refractivity contribution in [3.05, 3.63) is 39.9 Å². The fourth-order valence-electron chi connectivity index (χ4n) is 2.24. The van der Waals surface area contributed by atoms with Gasteiger partial charge in [0.1, 0.15) is 12.1 Å². The molecule has 1 amide bonds. The number of esters is 1. The molecule has 0 spiro atoms. The zero-order chi connectivity index (χ0) is 18.3. The van der Waals surface area contributed by atoms with Gasteiger partial charge in [-0.05, 0) is 12.3 Å². The summed E-state index contributed by atoms with van der Waals surface area (Å²) in [7, 11) is 1.16. The first-order valence-electron chi connectivity index (χ1n) is 7.54. The Morgan fingerprint density at radius 1 is 1.33 bits per heavy atom. The molecule has 2 N–H and O–H groups in total. The van der Waals surface area contributed by atoms with E-state index in [-0.39, 0.29) is 30.0 Å². The largest absolute Gasteiger partial charge is 0.467 e. The van der Waals surface area contributed by atoms with Crippen molar-refractivity contribution >= 4 is 17.6 Å². The molecule has 24 heavy (non-hydrogen) atoms. The van der Waals surface area contributed by atoms with Crippen LogP contribution >= 0.6 is 0 Å². The van der Waals surface area contributed by atoms with Crippen LogP contribution in [0.5, 0.6) is 0 Å². The molecular formula is C16H22N2O6. The van der Waals surface area contributed by atoms with E-state index in [1.807, 2.05) is 13.8 Å². The van der Waals surface area contributed by atoms with E-state index in [0.29, 0.717) is 0 Å². The van der Waals surface area contributed by atoms with Gasteiger partial charge in [-0.15, -0.1) is 0 Å². The number of nitrogens with zero attached hydrogens (tertiary/aromatic N) is 1. The average molecular weight is 338 g/mol. The van der Waals surface area contributed by atoms with Gasteiger partial charge in [-0.25, -0.2) is 4.79 Å². The molecule has 8 nitrogen and oxygen atoms in total. The number of methoxy groups -OCH3 is 1. The van der Waals surface area contributed by atoms with Gasteiger partial charge in [0.15, 0.2) is 0 Å². The fourth-order valence-corrected chi connectivity index (χ4v) is 2.24. The van der Waals surface area contributed by atoms with E-state index in [2.05, 4.69) is 10.1 Å². The second-order valence-electron chi connectivity index (χ2n) is 5.82. The quantitative estimate of drug-likeness (QED) is 0.418. The molecule has 0 aromatic heterocycles. The molecule has 1 aromatic carbocycles. The summed E-state index contributed by atoms with van der Waals surface area (Å²) in [4.78, 5) is 34.4. The van der Waals surface area contributed by atoms with E-state index >= 15 is 0 Å². The highest BCUT2D eigenvalue weighted by atomic mass is 16.6. The van der Waals surface area contributed by atoms with Crippen molar-refractivity contribution in [2.24, 2.45) is 5.92 Å². The number of hydrogen-bond donors (Lipinski definition) is 2. The van der Waals surface area contributed by atoms with E-state index in [1.165, 1.54) is 18.2 Å². The van der Waals surface area contributed by atoms with E-state index in [1.54, 1.807) is 6.07 Å². The molecule has 0 saturated heterocycles. The molecule has 2 atom stereocenters. The highest BCUT2D eigenvalue weighted by Gasteiger charge is 2.28. The predicted octanol–water partition coefficient (Wildman–Crippen LogP) is 1.20. The second kappa shape index (κ2) is 8.97. The maximum Gasteiger partial charge on any atom is 0.328 e. The van der Waals surface area contributed by atoms with Gasteiger partial charge in [-0.3, -0.25) is 14.9 Å². The summed E-state index contributed by atoms with van der Waals surface area (Å²) in [5.41, 5.74) is 0.139. The Morgan fingerprint density at radius 2 is 1.96 bits per heavy atom. The van der Waals surface area contributed by atoms with Crippen LogP contribution in [0.1, 0.15) is 25.8 Å². The van der Waals surface area contributed by atoms with Gasteiger partial charge in [0.2, 0.25) is 5.91 Å². The lowest BCUT2D eigenvalue weighted by atomic mass is 10.0. The Bertz CT molecular complexity index is 602. The molecule has 1 aromatic rings. The summed E-state index contributed by atoms with van der Waals surface area (Å²) in [5.74, 6) is -1.35. The zero-order valence-electron chi connectivity index (χ0n) is 13.9. The predicted molar refractivity (Wildman–Crippen MR) is 86.2 cm³/mol. The Balaban J connectivity index is 2.93. The molecule has 0 aliphatic heterocycles. The van der Waals surface area contributed by atoms with Crippen LogP contribution in [0.4, 0.5) is 5.69 Å². The zero-order valence-corrected chi connectivity index (χ0v) is 13.9. The van der Waals surface area contributed by atoms with Gasteiger partial charge in [-0.1, -0.05) is 32.0 Å². The molecule has 0 saturated carbocycles. The van der Waals surface area contributed by atoms with Crippen LogP contribution < -0.4 is 5.32 Å². The first kappa shape index (κ1) is 19.6. The topological polar surface area (TPSA) is 119 Å². The average Bonchev–Trinajstić information content (AvgIpc) is 2.52. The number of carbonyl (C=O) groups excluding carboxylic acids is 2. The number of nitro groups is 1. The van der Waals surface area contributed by atoms with Gasteiger partial charge >= 0.3 is 5.97 Å². The SMILES string of the molecule is COC(=O)[C@H](Cc1ccccc1[N+](=O)[O-])NC(=O)[C@H](O)CC(C)C. The summed E-state index contributed by atoms with van der Waals surface area (Å²) >= 11 is 0. The number of rotatable bonds is 8. The lowest BCUT2D eigenvalue weighted by molar-refractivity contribution is -0.385. The monoisotopic (exact) mass is 338 g/mol. The van der Waals surface area contributed by atoms with E-state index in [9.17, 15) is 24.8 Å². The Morgan fingerprint density at radius 3 is 2.50 bits per heavy atom. The molecule has 0 radical (unpaired) electrons. The number of benzene rings is 1. The summed E-state index contributed by atoms with van der Waals surface area (Å²) in [5, 5.41) is 23.3. The Hall–Kier alpha value is -2.48. The van der Waals surface area contributed by atoms with E-state index in [4.69, 9.17) is 0 Å². The van der Waals surface area contributed by atoms with Gasteiger partial charge in [0.05, 0.1) is 12.0 Å². The van der Waals surface area contributed by atoms with Gasteiger partial charge < -0.3 is 15.2 Å². The first-order valence-corrected chi connectivity index (χ1v) is 7.54. The van der Waals surface area contributed by atoms with Crippen molar-refractivity contribution in [2.45, 2.75) is 38.8 Å². The molecule has 0 fully saturated rings. The standard InChI is InChI=1S/C16H22N2O6/c1-10(2)8-14(19)15(20)17-12(16(21)24-3)9-11-6-4-5-7-13(11)18(22)23/h4-7,10,12,14,19H,8-9H2,1-3H3,(H,17,20)/t12-,14+/m0/s1. The number of hydrogen-bond acceptors (Lipinski definition) is 6. The maximum absolute atomic E-state index is 12.0. The third-order valence-electron chi connectivity index (χ3n) is 3.41. The van der Waals surface area contributed by atoms with Crippen molar-refractivity contribution in [3.63, 3.8) is 0 Å². The Kier molecular flexibility index (Phi) is 7.31. The summed E-state index contributed by atoms with van der Waals surface area (Å²) in [6.07, 6.45) is -1.13. The number of aliphatic hydroxyl groups excluding tert-OH is 1. The van der Waals surface area contributed by atoms with E-state index in [0.717, 1.165) is 7.11 Å². The van der Waals surface area contributed by atoms with Crippen LogP contribution in [-0.4, -0.2) is 41.2 Å². The fraction of sp³-hybridized carbons (Fsp3) is 0.500. The number of amides is 1. The minimum absolute atomic E-state index is 0.0949. The lowest BCUT2D eigenvalue weighted by Crippen LogP contribution is -2.47. The van der Waals surface area contributed by atoms with Crippen molar-refractivity contribution in [3.8, 4) is 0 Å².